The molecule has 1 aliphatic carbocycles. The number of aliphatic hydroxyl groups is 1. The molecule has 0 unspecified atom stereocenters. The van der Waals surface area contributed by atoms with Crippen LogP contribution < -0.4 is 20.1 Å². The van der Waals surface area contributed by atoms with Gasteiger partial charge in [0.1, 0.15) is 6.10 Å². The number of aliphatic hydroxyl groups excluding tert-OH is 1. The van der Waals surface area contributed by atoms with Gasteiger partial charge in [0.15, 0.2) is 17.8 Å². The predicted octanol–water partition coefficient (Wildman–Crippen LogP) is 4.37. The summed E-state index contributed by atoms with van der Waals surface area (Å²) < 4.78 is 57.9. The first-order chi connectivity index (χ1) is 25.0. The number of carbonyl (C=O) groups is 2. The molecule has 0 aromatic heterocycles. The number of benzene rings is 2. The van der Waals surface area contributed by atoms with Gasteiger partial charge < -0.3 is 39.4 Å². The fourth-order valence-electron chi connectivity index (χ4n) is 7.62. The van der Waals surface area contributed by atoms with Crippen molar-refractivity contribution in [3.05, 3.63) is 54.1 Å². The van der Waals surface area contributed by atoms with E-state index < -0.39 is 46.1 Å². The first-order valence-corrected chi connectivity index (χ1v) is 20.0. The van der Waals surface area contributed by atoms with E-state index in [9.17, 15) is 23.1 Å². The molecule has 3 aliphatic heterocycles. The van der Waals surface area contributed by atoms with Crippen LogP contribution in [-0.2, 0) is 35.4 Å². The zero-order valence-electron chi connectivity index (χ0n) is 30.2. The SMILES string of the molecule is CC(C)(CCCCNC(=O)C1CCCC1)CN(C[C@@H](O)[C@H](Cc1ccccc1)NC(=O)O[C@H]1CO[C@H]2OCC[C@H]21)S(=O)(=O)c1ccc2c(c1)OCO2. The molecule has 2 amide bonds. The number of nitrogens with one attached hydrogen (secondary N) is 2. The predicted molar refractivity (Wildman–Crippen MR) is 191 cm³/mol. The monoisotopic (exact) mass is 743 g/mol. The van der Waals surface area contributed by atoms with Crippen LogP contribution >= 0.6 is 0 Å². The third-order valence-electron chi connectivity index (χ3n) is 10.6. The largest absolute Gasteiger partial charge is 0.454 e. The summed E-state index contributed by atoms with van der Waals surface area (Å²) in [6, 6.07) is 13.0. The minimum atomic E-state index is -4.16. The molecule has 0 bridgehead atoms. The van der Waals surface area contributed by atoms with E-state index in [1.54, 1.807) is 6.07 Å². The van der Waals surface area contributed by atoms with Gasteiger partial charge in [0.05, 0.1) is 36.2 Å². The van der Waals surface area contributed by atoms with Crippen LogP contribution in [0.15, 0.2) is 53.4 Å². The molecule has 6 rings (SSSR count). The summed E-state index contributed by atoms with van der Waals surface area (Å²) in [7, 11) is -4.16. The maximum absolute atomic E-state index is 14.4. The number of nitrogens with zero attached hydrogens (tertiary/aromatic N) is 1. The zero-order chi connectivity index (χ0) is 36.7. The highest BCUT2D eigenvalue weighted by Gasteiger charge is 2.44. The molecule has 3 heterocycles. The van der Waals surface area contributed by atoms with Gasteiger partial charge in [-0.1, -0.05) is 63.4 Å². The highest BCUT2D eigenvalue weighted by molar-refractivity contribution is 7.89. The maximum atomic E-state index is 14.4. The van der Waals surface area contributed by atoms with Gasteiger partial charge in [-0.2, -0.15) is 4.31 Å². The van der Waals surface area contributed by atoms with Crippen molar-refractivity contribution in [2.75, 3.05) is 39.6 Å². The highest BCUT2D eigenvalue weighted by Crippen LogP contribution is 2.36. The Morgan fingerprint density at radius 2 is 1.79 bits per heavy atom. The third-order valence-corrected chi connectivity index (χ3v) is 12.4. The molecule has 2 aromatic rings. The Morgan fingerprint density at radius 3 is 2.58 bits per heavy atom. The molecule has 0 radical (unpaired) electrons. The molecule has 0 spiro atoms. The number of ether oxygens (including phenoxy) is 5. The van der Waals surface area contributed by atoms with E-state index >= 15 is 0 Å². The summed E-state index contributed by atoms with van der Waals surface area (Å²) in [5.41, 5.74) is 0.355. The number of unbranched alkanes of at least 4 members (excludes halogenated alkanes) is 1. The quantitative estimate of drug-likeness (QED) is 0.199. The number of carbonyl (C=O) groups excluding carboxylic acids is 2. The minimum absolute atomic E-state index is 0.000249. The van der Waals surface area contributed by atoms with Crippen molar-refractivity contribution < 1.29 is 46.8 Å². The normalized spacial score (nSPS) is 22.7. The van der Waals surface area contributed by atoms with Crippen molar-refractivity contribution >= 4 is 22.0 Å². The maximum Gasteiger partial charge on any atom is 0.407 e. The molecule has 1 saturated carbocycles. The Morgan fingerprint density at radius 1 is 1.02 bits per heavy atom. The lowest BCUT2D eigenvalue weighted by Gasteiger charge is -2.35. The molecule has 286 valence electrons. The number of amides is 2. The molecule has 52 heavy (non-hydrogen) atoms. The second-order valence-corrected chi connectivity index (χ2v) is 17.1. The molecule has 2 aromatic carbocycles. The van der Waals surface area contributed by atoms with E-state index in [1.807, 2.05) is 44.2 Å². The molecular weight excluding hydrogens is 690 g/mol. The Kier molecular flexibility index (Phi) is 12.6. The molecule has 3 fully saturated rings. The highest BCUT2D eigenvalue weighted by atomic mass is 32.2. The van der Waals surface area contributed by atoms with Crippen LogP contribution in [0.5, 0.6) is 11.5 Å². The van der Waals surface area contributed by atoms with Crippen molar-refractivity contribution in [2.24, 2.45) is 17.3 Å². The van der Waals surface area contributed by atoms with Crippen molar-refractivity contribution in [2.45, 2.75) is 101 Å². The van der Waals surface area contributed by atoms with Crippen molar-refractivity contribution in [3.63, 3.8) is 0 Å². The zero-order valence-corrected chi connectivity index (χ0v) is 31.0. The fourth-order valence-corrected chi connectivity index (χ4v) is 9.28. The van der Waals surface area contributed by atoms with Crippen LogP contribution in [0.2, 0.25) is 0 Å². The summed E-state index contributed by atoms with van der Waals surface area (Å²) in [6.45, 7) is 5.14. The van der Waals surface area contributed by atoms with Crippen LogP contribution in [-0.4, -0.2) is 94.0 Å². The van der Waals surface area contributed by atoms with Gasteiger partial charge >= 0.3 is 6.09 Å². The molecule has 13 nitrogen and oxygen atoms in total. The standard InChI is InChI=1S/C38H53N3O10S/c1-38(2,17-8-9-18-39-35(43)27-12-6-7-13-27)24-41(52(45,46)28-14-15-32-33(21-28)50-25-49-32)22-31(42)30(20-26-10-4-3-5-11-26)40-37(44)51-34-23-48-36-29(34)16-19-47-36/h3-5,10-11,14-15,21,27,29-31,34,36,42H,6-9,12-13,16-20,22-25H2,1-2H3,(H,39,43)(H,40,44)/t29-,30-,31+,34-,36+/m0/s1. The second kappa shape index (κ2) is 17.1. The number of rotatable bonds is 17. The Bertz CT molecular complexity index is 1620. The number of alkyl carbamates (subject to hydrolysis) is 1. The van der Waals surface area contributed by atoms with Crippen LogP contribution in [0.4, 0.5) is 4.79 Å². The fraction of sp³-hybridized carbons (Fsp3) is 0.632. The molecule has 5 atom stereocenters. The van der Waals surface area contributed by atoms with Crippen LogP contribution in [0, 0.1) is 17.3 Å². The summed E-state index contributed by atoms with van der Waals surface area (Å²) in [4.78, 5) is 25.8. The number of hydrogen-bond donors (Lipinski definition) is 3. The average molecular weight is 744 g/mol. The third kappa shape index (κ3) is 9.75. The van der Waals surface area contributed by atoms with Crippen molar-refractivity contribution in [1.29, 1.82) is 0 Å². The second-order valence-electron chi connectivity index (χ2n) is 15.2. The van der Waals surface area contributed by atoms with E-state index in [0.29, 0.717) is 31.1 Å². The van der Waals surface area contributed by atoms with Gasteiger partial charge in [-0.25, -0.2) is 13.2 Å². The van der Waals surface area contributed by atoms with Crippen LogP contribution in [0.1, 0.15) is 70.8 Å². The average Bonchev–Trinajstić information content (AvgIpc) is 3.95. The smallest absolute Gasteiger partial charge is 0.407 e. The number of fused-ring (bicyclic) bond motifs is 2. The summed E-state index contributed by atoms with van der Waals surface area (Å²) in [6.07, 6.45) is 4.40. The van der Waals surface area contributed by atoms with Gasteiger partial charge in [-0.3, -0.25) is 4.79 Å². The van der Waals surface area contributed by atoms with E-state index in [2.05, 4.69) is 10.6 Å². The number of sulfonamides is 1. The van der Waals surface area contributed by atoms with Gasteiger partial charge in [-0.15, -0.1) is 0 Å². The summed E-state index contributed by atoms with van der Waals surface area (Å²) in [5.74, 6) is 0.974. The molecular formula is C38H53N3O10S. The number of hydrogen-bond acceptors (Lipinski definition) is 10. The lowest BCUT2D eigenvalue weighted by molar-refractivity contribution is -0.124. The van der Waals surface area contributed by atoms with Gasteiger partial charge in [0.25, 0.3) is 0 Å². The summed E-state index contributed by atoms with van der Waals surface area (Å²) in [5, 5.41) is 17.8. The van der Waals surface area contributed by atoms with E-state index in [-0.39, 0.29) is 55.5 Å². The topological polar surface area (TPSA) is 162 Å². The van der Waals surface area contributed by atoms with Crippen LogP contribution in [0.3, 0.4) is 0 Å². The Hall–Kier alpha value is -3.43. The minimum Gasteiger partial charge on any atom is -0.454 e. The first-order valence-electron chi connectivity index (χ1n) is 18.6. The molecule has 4 aliphatic rings. The summed E-state index contributed by atoms with van der Waals surface area (Å²) >= 11 is 0. The lowest BCUT2D eigenvalue weighted by Crippen LogP contribution is -2.52. The molecule has 3 N–H and O–H groups in total. The van der Waals surface area contributed by atoms with Crippen molar-refractivity contribution in [3.8, 4) is 11.5 Å². The van der Waals surface area contributed by atoms with Crippen LogP contribution in [0.25, 0.3) is 0 Å². The Labute approximate surface area is 306 Å². The van der Waals surface area contributed by atoms with Gasteiger partial charge in [0, 0.05) is 31.6 Å². The lowest BCUT2D eigenvalue weighted by atomic mass is 9.87. The molecule has 14 heteroatoms. The van der Waals surface area contributed by atoms with Gasteiger partial charge in [-0.05, 0) is 61.6 Å². The Balaban J connectivity index is 1.16. The van der Waals surface area contributed by atoms with E-state index in [1.165, 1.54) is 16.4 Å². The van der Waals surface area contributed by atoms with Gasteiger partial charge in [0.2, 0.25) is 22.7 Å². The molecule has 2 saturated heterocycles. The van der Waals surface area contributed by atoms with E-state index in [4.69, 9.17) is 23.7 Å². The van der Waals surface area contributed by atoms with Crippen molar-refractivity contribution in [1.82, 2.24) is 14.9 Å². The van der Waals surface area contributed by atoms with E-state index in [0.717, 1.165) is 50.5 Å². The first kappa shape index (κ1) is 38.3.